The van der Waals surface area contributed by atoms with E-state index < -0.39 is 11.6 Å². The van der Waals surface area contributed by atoms with Gasteiger partial charge in [-0.25, -0.2) is 19.9 Å². The standard InChI is InChI=1S/C17H20N4O3/c1-11-8-13(12(2)24-11)17(3,23)9-18-16(22)20-21-10-19-14-6-4-5-7-15(14)21/h4-8,10,23H,9H2,1-3H3,(H2,18,20,22). The number of amides is 2. The van der Waals surface area contributed by atoms with Crippen molar-refractivity contribution in [2.45, 2.75) is 26.4 Å². The van der Waals surface area contributed by atoms with E-state index in [1.165, 1.54) is 11.0 Å². The van der Waals surface area contributed by atoms with Crippen LogP contribution in [0.2, 0.25) is 0 Å². The lowest BCUT2D eigenvalue weighted by molar-refractivity contribution is 0.0583. The van der Waals surface area contributed by atoms with Crippen LogP contribution >= 0.6 is 0 Å². The molecule has 3 aromatic rings. The number of hydrogen-bond acceptors (Lipinski definition) is 4. The SMILES string of the molecule is Cc1cc(C(C)(O)CNC(=O)Nn2cnc3ccccc32)c(C)o1. The third-order valence-corrected chi connectivity index (χ3v) is 3.89. The van der Waals surface area contributed by atoms with Gasteiger partial charge in [-0.1, -0.05) is 12.1 Å². The Kier molecular flexibility index (Phi) is 4.02. The Labute approximate surface area is 139 Å². The summed E-state index contributed by atoms with van der Waals surface area (Å²) in [4.78, 5) is 16.3. The van der Waals surface area contributed by atoms with Gasteiger partial charge in [0, 0.05) is 5.56 Å². The largest absolute Gasteiger partial charge is 0.466 e. The lowest BCUT2D eigenvalue weighted by Gasteiger charge is -2.23. The number of urea groups is 1. The number of rotatable bonds is 4. The predicted octanol–water partition coefficient (Wildman–Crippen LogP) is 2.41. The van der Waals surface area contributed by atoms with Gasteiger partial charge in [-0.3, -0.25) is 0 Å². The summed E-state index contributed by atoms with van der Waals surface area (Å²) < 4.78 is 6.97. The van der Waals surface area contributed by atoms with Gasteiger partial charge < -0.3 is 14.8 Å². The molecule has 3 rings (SSSR count). The fourth-order valence-electron chi connectivity index (χ4n) is 2.71. The maximum Gasteiger partial charge on any atom is 0.334 e. The Bertz CT molecular complexity index is 879. The molecule has 1 unspecified atom stereocenters. The average molecular weight is 328 g/mol. The highest BCUT2D eigenvalue weighted by atomic mass is 16.3. The molecule has 24 heavy (non-hydrogen) atoms. The molecule has 0 fully saturated rings. The molecular formula is C17H20N4O3. The van der Waals surface area contributed by atoms with Crippen LogP contribution in [0.3, 0.4) is 0 Å². The third kappa shape index (κ3) is 3.11. The number of aryl methyl sites for hydroxylation is 2. The zero-order valence-electron chi connectivity index (χ0n) is 13.8. The molecule has 126 valence electrons. The topological polar surface area (TPSA) is 92.3 Å². The number of furan rings is 1. The third-order valence-electron chi connectivity index (χ3n) is 3.89. The highest BCUT2D eigenvalue weighted by Gasteiger charge is 2.28. The first kappa shape index (κ1) is 16.1. The van der Waals surface area contributed by atoms with Crippen molar-refractivity contribution in [1.29, 1.82) is 0 Å². The van der Waals surface area contributed by atoms with Gasteiger partial charge in [-0.15, -0.1) is 0 Å². The molecule has 7 nitrogen and oxygen atoms in total. The fraction of sp³-hybridized carbons (Fsp3) is 0.294. The summed E-state index contributed by atoms with van der Waals surface area (Å²) in [5.74, 6) is 1.36. The summed E-state index contributed by atoms with van der Waals surface area (Å²) in [5.41, 5.74) is 3.69. The molecule has 0 saturated carbocycles. The van der Waals surface area contributed by atoms with E-state index in [1.54, 1.807) is 19.9 Å². The molecule has 0 radical (unpaired) electrons. The van der Waals surface area contributed by atoms with Gasteiger partial charge >= 0.3 is 6.03 Å². The second-order valence-corrected chi connectivity index (χ2v) is 6.00. The minimum absolute atomic E-state index is 0.0469. The summed E-state index contributed by atoms with van der Waals surface area (Å²) in [5, 5.41) is 13.3. The van der Waals surface area contributed by atoms with E-state index in [0.717, 1.165) is 16.8 Å². The van der Waals surface area contributed by atoms with Gasteiger partial charge in [-0.2, -0.15) is 0 Å². The highest BCUT2D eigenvalue weighted by Crippen LogP contribution is 2.26. The zero-order chi connectivity index (χ0) is 17.3. The van der Waals surface area contributed by atoms with Gasteiger partial charge in [0.15, 0.2) is 0 Å². The Balaban J connectivity index is 1.66. The van der Waals surface area contributed by atoms with Crippen molar-refractivity contribution in [3.8, 4) is 0 Å². The number of benzene rings is 1. The van der Waals surface area contributed by atoms with Crippen LogP contribution < -0.4 is 10.7 Å². The number of fused-ring (bicyclic) bond motifs is 1. The van der Waals surface area contributed by atoms with Crippen molar-refractivity contribution in [2.24, 2.45) is 0 Å². The van der Waals surface area contributed by atoms with Crippen molar-refractivity contribution in [2.75, 3.05) is 12.0 Å². The second-order valence-electron chi connectivity index (χ2n) is 6.00. The van der Waals surface area contributed by atoms with Crippen molar-refractivity contribution >= 4 is 17.1 Å². The zero-order valence-corrected chi connectivity index (χ0v) is 13.8. The van der Waals surface area contributed by atoms with E-state index in [-0.39, 0.29) is 6.54 Å². The molecule has 0 aliphatic rings. The number of aromatic nitrogens is 2. The summed E-state index contributed by atoms with van der Waals surface area (Å²) in [6.45, 7) is 5.29. The molecule has 0 spiro atoms. The summed E-state index contributed by atoms with van der Waals surface area (Å²) in [6.07, 6.45) is 1.53. The van der Waals surface area contributed by atoms with Gasteiger partial charge in [0.1, 0.15) is 23.4 Å². The number of imidazole rings is 1. The van der Waals surface area contributed by atoms with Crippen LogP contribution in [0.4, 0.5) is 4.79 Å². The first-order chi connectivity index (χ1) is 11.4. The van der Waals surface area contributed by atoms with E-state index in [9.17, 15) is 9.90 Å². The Hall–Kier alpha value is -2.80. The number of nitrogens with zero attached hydrogens (tertiary/aromatic N) is 2. The minimum Gasteiger partial charge on any atom is -0.466 e. The molecule has 0 saturated heterocycles. The lowest BCUT2D eigenvalue weighted by atomic mass is 9.96. The number of hydrogen-bond donors (Lipinski definition) is 3. The van der Waals surface area contributed by atoms with Crippen LogP contribution in [0.5, 0.6) is 0 Å². The van der Waals surface area contributed by atoms with Gasteiger partial charge in [0.25, 0.3) is 0 Å². The van der Waals surface area contributed by atoms with Crippen LogP contribution in [0.1, 0.15) is 24.0 Å². The highest BCUT2D eigenvalue weighted by molar-refractivity contribution is 5.85. The number of carbonyl (C=O) groups excluding carboxylic acids is 1. The normalized spacial score (nSPS) is 13.7. The summed E-state index contributed by atoms with van der Waals surface area (Å²) >= 11 is 0. The number of aliphatic hydroxyl groups is 1. The van der Waals surface area contributed by atoms with Crippen molar-refractivity contribution in [3.05, 3.63) is 53.7 Å². The number of nitrogens with one attached hydrogen (secondary N) is 2. The molecule has 1 atom stereocenters. The average Bonchev–Trinajstić information content (AvgIpc) is 3.09. The summed E-state index contributed by atoms with van der Waals surface area (Å²) in [6, 6.07) is 8.81. The van der Waals surface area contributed by atoms with Crippen LogP contribution in [0.25, 0.3) is 11.0 Å². The Morgan fingerprint density at radius 1 is 1.38 bits per heavy atom. The molecule has 2 aromatic heterocycles. The van der Waals surface area contributed by atoms with Gasteiger partial charge in [0.2, 0.25) is 0 Å². The maximum atomic E-state index is 12.1. The monoisotopic (exact) mass is 328 g/mol. The van der Waals surface area contributed by atoms with E-state index >= 15 is 0 Å². The van der Waals surface area contributed by atoms with Crippen molar-refractivity contribution in [3.63, 3.8) is 0 Å². The van der Waals surface area contributed by atoms with Crippen LogP contribution in [-0.2, 0) is 5.60 Å². The molecule has 2 amide bonds. The molecule has 2 heterocycles. The second kappa shape index (κ2) is 6.01. The smallest absolute Gasteiger partial charge is 0.334 e. The molecule has 0 bridgehead atoms. The summed E-state index contributed by atoms with van der Waals surface area (Å²) in [7, 11) is 0. The number of carbonyl (C=O) groups is 1. The molecular weight excluding hydrogens is 308 g/mol. The fourth-order valence-corrected chi connectivity index (χ4v) is 2.71. The maximum absolute atomic E-state index is 12.1. The van der Waals surface area contributed by atoms with E-state index in [1.807, 2.05) is 31.2 Å². The molecule has 1 aromatic carbocycles. The quantitative estimate of drug-likeness (QED) is 0.686. The van der Waals surface area contributed by atoms with Crippen LogP contribution in [-0.4, -0.2) is 27.3 Å². The van der Waals surface area contributed by atoms with Crippen LogP contribution in [0, 0.1) is 13.8 Å². The van der Waals surface area contributed by atoms with Crippen LogP contribution in [0.15, 0.2) is 41.1 Å². The number of para-hydroxylation sites is 2. The van der Waals surface area contributed by atoms with E-state index in [0.29, 0.717) is 11.3 Å². The predicted molar refractivity (Wildman–Crippen MR) is 90.2 cm³/mol. The first-order valence-corrected chi connectivity index (χ1v) is 7.64. The van der Waals surface area contributed by atoms with E-state index in [4.69, 9.17) is 4.42 Å². The van der Waals surface area contributed by atoms with E-state index in [2.05, 4.69) is 15.7 Å². The molecule has 0 aliphatic heterocycles. The lowest BCUT2D eigenvalue weighted by Crippen LogP contribution is -2.42. The molecule has 7 heteroatoms. The minimum atomic E-state index is -1.23. The van der Waals surface area contributed by atoms with Crippen molar-refractivity contribution in [1.82, 2.24) is 15.0 Å². The van der Waals surface area contributed by atoms with Gasteiger partial charge in [0.05, 0.1) is 17.6 Å². The Morgan fingerprint density at radius 3 is 2.83 bits per heavy atom. The first-order valence-electron chi connectivity index (χ1n) is 7.64. The van der Waals surface area contributed by atoms with Crippen molar-refractivity contribution < 1.29 is 14.3 Å². The van der Waals surface area contributed by atoms with Gasteiger partial charge in [-0.05, 0) is 39.0 Å². The molecule has 3 N–H and O–H groups in total. The Morgan fingerprint density at radius 2 is 2.12 bits per heavy atom. The molecule has 0 aliphatic carbocycles.